The fraction of sp³-hybridized carbons (Fsp3) is 0.533. The van der Waals surface area contributed by atoms with Crippen LogP contribution >= 0.6 is 0 Å². The number of carboxylic acid groups (broad SMARTS) is 1. The van der Waals surface area contributed by atoms with Gasteiger partial charge in [0.1, 0.15) is 5.82 Å². The molecule has 0 bridgehead atoms. The number of halogens is 1. The Hall–Kier alpha value is -1.46. The van der Waals surface area contributed by atoms with Gasteiger partial charge in [-0.2, -0.15) is 0 Å². The topological polar surface area (TPSA) is 49.8 Å². The number of hydrogen-bond donors (Lipinski definition) is 1. The molecule has 2 rings (SSSR count). The Morgan fingerprint density at radius 2 is 2.30 bits per heavy atom. The van der Waals surface area contributed by atoms with Crippen LogP contribution in [0.1, 0.15) is 25.5 Å². The van der Waals surface area contributed by atoms with Gasteiger partial charge in [0.15, 0.2) is 0 Å². The van der Waals surface area contributed by atoms with Crippen LogP contribution in [0.25, 0.3) is 0 Å². The van der Waals surface area contributed by atoms with Gasteiger partial charge in [-0.15, -0.1) is 0 Å². The second kappa shape index (κ2) is 6.33. The van der Waals surface area contributed by atoms with Gasteiger partial charge in [0.05, 0.1) is 19.1 Å². The molecular weight excluding hydrogens is 261 g/mol. The Bertz CT molecular complexity index is 480. The van der Waals surface area contributed by atoms with Crippen LogP contribution in [0.5, 0.6) is 0 Å². The molecule has 1 fully saturated rings. The van der Waals surface area contributed by atoms with Crippen molar-refractivity contribution in [1.82, 2.24) is 4.90 Å². The number of carboxylic acids is 1. The van der Waals surface area contributed by atoms with E-state index in [1.165, 1.54) is 12.1 Å². The Balaban J connectivity index is 2.21. The summed E-state index contributed by atoms with van der Waals surface area (Å²) in [7, 11) is 0. The summed E-state index contributed by atoms with van der Waals surface area (Å²) in [4.78, 5) is 13.3. The fourth-order valence-corrected chi connectivity index (χ4v) is 2.86. The standard InChI is InChI=1S/C15H20FNO3/c1-3-17(14-9-20-8-13(14)15(18)19)10(2)11-5-4-6-12(16)7-11/h4-7,10,13-14H,3,8-9H2,1-2H3,(H,18,19). The van der Waals surface area contributed by atoms with E-state index in [-0.39, 0.29) is 24.5 Å². The highest BCUT2D eigenvalue weighted by Gasteiger charge is 2.39. The van der Waals surface area contributed by atoms with Gasteiger partial charge in [0.25, 0.3) is 0 Å². The monoisotopic (exact) mass is 281 g/mol. The highest BCUT2D eigenvalue weighted by atomic mass is 19.1. The lowest BCUT2D eigenvalue weighted by molar-refractivity contribution is -0.143. The number of nitrogens with zero attached hydrogens (tertiary/aromatic N) is 1. The van der Waals surface area contributed by atoms with Crippen LogP contribution in [0.15, 0.2) is 24.3 Å². The van der Waals surface area contributed by atoms with Gasteiger partial charge < -0.3 is 9.84 Å². The van der Waals surface area contributed by atoms with Crippen molar-refractivity contribution in [2.75, 3.05) is 19.8 Å². The zero-order valence-electron chi connectivity index (χ0n) is 11.8. The first kappa shape index (κ1) is 14.9. The van der Waals surface area contributed by atoms with E-state index < -0.39 is 11.9 Å². The van der Waals surface area contributed by atoms with Crippen molar-refractivity contribution in [2.45, 2.75) is 25.9 Å². The SMILES string of the molecule is CCN(C(C)c1cccc(F)c1)C1COCC1C(=O)O. The summed E-state index contributed by atoms with van der Waals surface area (Å²) in [5, 5.41) is 9.26. The molecule has 1 saturated heterocycles. The summed E-state index contributed by atoms with van der Waals surface area (Å²) in [6, 6.07) is 6.22. The molecule has 110 valence electrons. The maximum atomic E-state index is 13.3. The van der Waals surface area contributed by atoms with Crippen LogP contribution in [-0.2, 0) is 9.53 Å². The van der Waals surface area contributed by atoms with E-state index in [4.69, 9.17) is 4.74 Å². The van der Waals surface area contributed by atoms with Crippen LogP contribution in [-0.4, -0.2) is 41.8 Å². The van der Waals surface area contributed by atoms with Crippen molar-refractivity contribution >= 4 is 5.97 Å². The number of benzene rings is 1. The summed E-state index contributed by atoms with van der Waals surface area (Å²) in [5.41, 5.74) is 0.850. The van der Waals surface area contributed by atoms with Crippen LogP contribution in [0, 0.1) is 11.7 Å². The molecule has 0 aliphatic carbocycles. The summed E-state index contributed by atoms with van der Waals surface area (Å²) < 4.78 is 18.7. The lowest BCUT2D eigenvalue weighted by Crippen LogP contribution is -2.44. The third-order valence-corrected chi connectivity index (χ3v) is 3.99. The van der Waals surface area contributed by atoms with E-state index in [1.54, 1.807) is 6.07 Å². The molecular formula is C15H20FNO3. The maximum Gasteiger partial charge on any atom is 0.310 e. The predicted octanol–water partition coefficient (Wildman–Crippen LogP) is 2.31. The fourth-order valence-electron chi connectivity index (χ4n) is 2.86. The average Bonchev–Trinajstić information content (AvgIpc) is 2.89. The van der Waals surface area contributed by atoms with Gasteiger partial charge in [-0.05, 0) is 31.2 Å². The minimum atomic E-state index is -0.836. The summed E-state index contributed by atoms with van der Waals surface area (Å²) in [6.45, 7) is 5.29. The Labute approximate surface area is 118 Å². The van der Waals surface area contributed by atoms with E-state index in [0.717, 1.165) is 5.56 Å². The Kier molecular flexibility index (Phi) is 4.73. The van der Waals surface area contributed by atoms with E-state index in [0.29, 0.717) is 13.2 Å². The van der Waals surface area contributed by atoms with Crippen molar-refractivity contribution in [1.29, 1.82) is 0 Å². The zero-order valence-corrected chi connectivity index (χ0v) is 11.8. The number of aliphatic carboxylic acids is 1. The quantitative estimate of drug-likeness (QED) is 0.900. The first-order chi connectivity index (χ1) is 9.54. The van der Waals surface area contributed by atoms with E-state index in [1.807, 2.05) is 19.9 Å². The van der Waals surface area contributed by atoms with Crippen molar-refractivity contribution in [2.24, 2.45) is 5.92 Å². The molecule has 5 heteroatoms. The molecule has 0 saturated carbocycles. The van der Waals surface area contributed by atoms with Crippen molar-refractivity contribution < 1.29 is 19.0 Å². The molecule has 1 aliphatic heterocycles. The zero-order chi connectivity index (χ0) is 14.7. The highest BCUT2D eigenvalue weighted by molar-refractivity contribution is 5.71. The molecule has 0 spiro atoms. The molecule has 1 aromatic carbocycles. The lowest BCUT2D eigenvalue weighted by atomic mass is 9.98. The Morgan fingerprint density at radius 3 is 2.90 bits per heavy atom. The van der Waals surface area contributed by atoms with Crippen LogP contribution in [0.3, 0.4) is 0 Å². The van der Waals surface area contributed by atoms with Gasteiger partial charge in [-0.25, -0.2) is 4.39 Å². The first-order valence-electron chi connectivity index (χ1n) is 6.86. The smallest absolute Gasteiger partial charge is 0.310 e. The number of ether oxygens (including phenoxy) is 1. The largest absolute Gasteiger partial charge is 0.481 e. The molecule has 1 aromatic rings. The predicted molar refractivity (Wildman–Crippen MR) is 72.9 cm³/mol. The second-order valence-electron chi connectivity index (χ2n) is 5.11. The highest BCUT2D eigenvalue weighted by Crippen LogP contribution is 2.29. The minimum Gasteiger partial charge on any atom is -0.481 e. The van der Waals surface area contributed by atoms with E-state index in [9.17, 15) is 14.3 Å². The van der Waals surface area contributed by atoms with Gasteiger partial charge in [-0.3, -0.25) is 9.69 Å². The van der Waals surface area contributed by atoms with Crippen LogP contribution in [0.4, 0.5) is 4.39 Å². The molecule has 3 unspecified atom stereocenters. The van der Waals surface area contributed by atoms with Gasteiger partial charge in [0, 0.05) is 12.1 Å². The van der Waals surface area contributed by atoms with Crippen LogP contribution in [0.2, 0.25) is 0 Å². The normalized spacial score (nSPS) is 24.0. The van der Waals surface area contributed by atoms with E-state index >= 15 is 0 Å². The molecule has 1 heterocycles. The molecule has 3 atom stereocenters. The molecule has 1 N–H and O–H groups in total. The van der Waals surface area contributed by atoms with Gasteiger partial charge >= 0.3 is 5.97 Å². The average molecular weight is 281 g/mol. The van der Waals surface area contributed by atoms with Crippen LogP contribution < -0.4 is 0 Å². The molecule has 0 aromatic heterocycles. The summed E-state index contributed by atoms with van der Waals surface area (Å²) in [5.74, 6) is -1.63. The molecule has 4 nitrogen and oxygen atoms in total. The van der Waals surface area contributed by atoms with E-state index in [2.05, 4.69) is 4.90 Å². The van der Waals surface area contributed by atoms with Gasteiger partial charge in [-0.1, -0.05) is 19.1 Å². The minimum absolute atomic E-state index is 0.0516. The number of hydrogen-bond acceptors (Lipinski definition) is 3. The number of rotatable bonds is 5. The summed E-state index contributed by atoms with van der Waals surface area (Å²) >= 11 is 0. The molecule has 0 radical (unpaired) electrons. The molecule has 1 aliphatic rings. The second-order valence-corrected chi connectivity index (χ2v) is 5.11. The first-order valence-corrected chi connectivity index (χ1v) is 6.86. The number of carbonyl (C=O) groups is 1. The van der Waals surface area contributed by atoms with Crippen molar-refractivity contribution in [3.8, 4) is 0 Å². The third kappa shape index (κ3) is 2.99. The maximum absolute atomic E-state index is 13.3. The molecule has 0 amide bonds. The lowest BCUT2D eigenvalue weighted by Gasteiger charge is -2.34. The van der Waals surface area contributed by atoms with Crippen molar-refractivity contribution in [3.63, 3.8) is 0 Å². The Morgan fingerprint density at radius 1 is 1.55 bits per heavy atom. The third-order valence-electron chi connectivity index (χ3n) is 3.99. The van der Waals surface area contributed by atoms with Crippen molar-refractivity contribution in [3.05, 3.63) is 35.6 Å². The molecule has 20 heavy (non-hydrogen) atoms. The van der Waals surface area contributed by atoms with Gasteiger partial charge in [0.2, 0.25) is 0 Å². The summed E-state index contributed by atoms with van der Waals surface area (Å²) in [6.07, 6.45) is 0. The number of likely N-dealkylation sites (N-methyl/N-ethyl adjacent to an activating group) is 1.